The van der Waals surface area contributed by atoms with Crippen LogP contribution in [-0.2, 0) is 6.54 Å². The van der Waals surface area contributed by atoms with Crippen molar-refractivity contribution in [3.63, 3.8) is 0 Å². The summed E-state index contributed by atoms with van der Waals surface area (Å²) >= 11 is 0. The molecule has 0 radical (unpaired) electrons. The molecule has 1 fully saturated rings. The summed E-state index contributed by atoms with van der Waals surface area (Å²) in [5.74, 6) is 1.87. The van der Waals surface area contributed by atoms with E-state index in [0.29, 0.717) is 0 Å². The molecule has 0 amide bonds. The van der Waals surface area contributed by atoms with Crippen molar-refractivity contribution >= 4 is 11.0 Å². The van der Waals surface area contributed by atoms with Crippen LogP contribution in [0.25, 0.3) is 11.0 Å². The lowest BCUT2D eigenvalue weighted by Crippen LogP contribution is -2.05. The number of fused-ring (bicyclic) bond motifs is 1. The molecule has 1 saturated carbocycles. The molecule has 0 bridgehead atoms. The maximum absolute atomic E-state index is 6.01. The highest BCUT2D eigenvalue weighted by atomic mass is 16.3. The second-order valence-corrected chi connectivity index (χ2v) is 5.18. The Morgan fingerprint density at radius 1 is 1.24 bits per heavy atom. The predicted molar refractivity (Wildman–Crippen MR) is 70.4 cm³/mol. The molecule has 0 saturated heterocycles. The Morgan fingerprint density at radius 3 is 2.59 bits per heavy atom. The lowest BCUT2D eigenvalue weighted by molar-refractivity contribution is 0.524. The zero-order chi connectivity index (χ0) is 12.0. The van der Waals surface area contributed by atoms with Crippen LogP contribution in [0.4, 0.5) is 0 Å². The van der Waals surface area contributed by atoms with Gasteiger partial charge in [0.1, 0.15) is 11.3 Å². The van der Waals surface area contributed by atoms with E-state index >= 15 is 0 Å². The normalized spacial score (nSPS) is 15.7. The quantitative estimate of drug-likeness (QED) is 0.869. The first kappa shape index (κ1) is 10.8. The lowest BCUT2D eigenvalue weighted by Gasteiger charge is -2.01. The molecule has 17 heavy (non-hydrogen) atoms. The molecule has 2 nitrogen and oxygen atoms in total. The summed E-state index contributed by atoms with van der Waals surface area (Å²) in [5, 5.41) is 4.54. The van der Waals surface area contributed by atoms with E-state index in [-0.39, 0.29) is 0 Å². The SMILES string of the molecule is CNCc1oc2cc(C)c(C)cc2c1C1CC1. The van der Waals surface area contributed by atoms with Gasteiger partial charge in [0, 0.05) is 10.9 Å². The molecule has 0 atom stereocenters. The van der Waals surface area contributed by atoms with Gasteiger partial charge in [-0.1, -0.05) is 0 Å². The van der Waals surface area contributed by atoms with Gasteiger partial charge in [-0.05, 0) is 62.9 Å². The predicted octanol–water partition coefficient (Wildman–Crippen LogP) is 3.65. The minimum atomic E-state index is 0.738. The Hall–Kier alpha value is -1.28. The van der Waals surface area contributed by atoms with Crippen molar-refractivity contribution in [1.29, 1.82) is 0 Å². The van der Waals surface area contributed by atoms with E-state index in [1.807, 2.05) is 7.05 Å². The largest absolute Gasteiger partial charge is 0.459 e. The summed E-state index contributed by atoms with van der Waals surface area (Å²) in [6, 6.07) is 4.47. The van der Waals surface area contributed by atoms with Crippen LogP contribution in [0.5, 0.6) is 0 Å². The first-order valence-electron chi connectivity index (χ1n) is 6.38. The van der Waals surface area contributed by atoms with Crippen molar-refractivity contribution in [2.45, 2.75) is 39.2 Å². The minimum Gasteiger partial charge on any atom is -0.459 e. The molecule has 1 heterocycles. The molecule has 3 rings (SSSR count). The van der Waals surface area contributed by atoms with Crippen molar-refractivity contribution in [3.8, 4) is 0 Å². The van der Waals surface area contributed by atoms with E-state index in [4.69, 9.17) is 4.42 Å². The van der Waals surface area contributed by atoms with Gasteiger partial charge in [-0.2, -0.15) is 0 Å². The van der Waals surface area contributed by atoms with E-state index < -0.39 is 0 Å². The highest BCUT2D eigenvalue weighted by Crippen LogP contribution is 2.46. The molecule has 2 aromatic rings. The van der Waals surface area contributed by atoms with E-state index in [1.54, 1.807) is 0 Å². The fourth-order valence-electron chi connectivity index (χ4n) is 2.53. The first-order valence-corrected chi connectivity index (χ1v) is 6.38. The second kappa shape index (κ2) is 3.88. The fraction of sp³-hybridized carbons (Fsp3) is 0.467. The van der Waals surface area contributed by atoms with E-state index in [0.717, 1.165) is 23.8 Å². The van der Waals surface area contributed by atoms with E-state index in [9.17, 15) is 0 Å². The number of hydrogen-bond acceptors (Lipinski definition) is 2. The third kappa shape index (κ3) is 1.77. The van der Waals surface area contributed by atoms with Crippen LogP contribution >= 0.6 is 0 Å². The summed E-state index contributed by atoms with van der Waals surface area (Å²) in [6.45, 7) is 5.15. The zero-order valence-electron chi connectivity index (χ0n) is 10.8. The van der Waals surface area contributed by atoms with Gasteiger partial charge >= 0.3 is 0 Å². The minimum absolute atomic E-state index is 0.738. The van der Waals surface area contributed by atoms with Gasteiger partial charge in [0.2, 0.25) is 0 Å². The van der Waals surface area contributed by atoms with Gasteiger partial charge in [-0.3, -0.25) is 0 Å². The van der Waals surface area contributed by atoms with Gasteiger partial charge in [-0.15, -0.1) is 0 Å². The topological polar surface area (TPSA) is 25.2 Å². The molecular weight excluding hydrogens is 210 g/mol. The van der Waals surface area contributed by atoms with Crippen molar-refractivity contribution < 1.29 is 4.42 Å². The Kier molecular flexibility index (Phi) is 2.48. The maximum Gasteiger partial charge on any atom is 0.134 e. The standard InChI is InChI=1S/C15H19NO/c1-9-6-12-13(7-10(9)2)17-14(8-16-3)15(12)11-4-5-11/h6-7,11,16H,4-5,8H2,1-3H3. The number of rotatable bonds is 3. The molecular formula is C15H19NO. The van der Waals surface area contributed by atoms with Gasteiger partial charge in [0.05, 0.1) is 6.54 Å². The number of aryl methyl sites for hydroxylation is 2. The molecule has 1 aromatic heterocycles. The monoisotopic (exact) mass is 229 g/mol. The van der Waals surface area contributed by atoms with Crippen LogP contribution in [0.3, 0.4) is 0 Å². The molecule has 0 aliphatic heterocycles. The summed E-state index contributed by atoms with van der Waals surface area (Å²) in [7, 11) is 1.97. The average Bonchev–Trinajstić information content (AvgIpc) is 3.05. The molecule has 0 spiro atoms. The average molecular weight is 229 g/mol. The van der Waals surface area contributed by atoms with Crippen LogP contribution in [0.15, 0.2) is 16.5 Å². The molecule has 2 heteroatoms. The number of hydrogen-bond donors (Lipinski definition) is 1. The smallest absolute Gasteiger partial charge is 0.134 e. The van der Waals surface area contributed by atoms with E-state index in [1.165, 1.54) is 34.9 Å². The number of furan rings is 1. The summed E-state index contributed by atoms with van der Waals surface area (Å²) in [4.78, 5) is 0. The van der Waals surface area contributed by atoms with Crippen molar-refractivity contribution in [2.75, 3.05) is 7.05 Å². The fourth-order valence-corrected chi connectivity index (χ4v) is 2.53. The number of benzene rings is 1. The summed E-state index contributed by atoms with van der Waals surface area (Å²) in [5.41, 5.74) is 5.18. The summed E-state index contributed by atoms with van der Waals surface area (Å²) < 4.78 is 6.01. The summed E-state index contributed by atoms with van der Waals surface area (Å²) in [6.07, 6.45) is 2.64. The molecule has 1 aliphatic carbocycles. The highest BCUT2D eigenvalue weighted by Gasteiger charge is 2.30. The molecule has 1 aliphatic rings. The van der Waals surface area contributed by atoms with Crippen molar-refractivity contribution in [1.82, 2.24) is 5.32 Å². The van der Waals surface area contributed by atoms with Gasteiger partial charge in [-0.25, -0.2) is 0 Å². The first-order chi connectivity index (χ1) is 8.20. The third-order valence-corrected chi connectivity index (χ3v) is 3.74. The Morgan fingerprint density at radius 2 is 1.94 bits per heavy atom. The van der Waals surface area contributed by atoms with Crippen molar-refractivity contribution in [3.05, 3.63) is 34.6 Å². The van der Waals surface area contributed by atoms with Crippen LogP contribution in [0.1, 0.15) is 41.2 Å². The van der Waals surface area contributed by atoms with Gasteiger partial charge in [0.15, 0.2) is 0 Å². The van der Waals surface area contributed by atoms with Crippen LogP contribution in [-0.4, -0.2) is 7.05 Å². The van der Waals surface area contributed by atoms with Gasteiger partial charge < -0.3 is 9.73 Å². The van der Waals surface area contributed by atoms with Gasteiger partial charge in [0.25, 0.3) is 0 Å². The molecule has 1 N–H and O–H groups in total. The highest BCUT2D eigenvalue weighted by molar-refractivity contribution is 5.85. The molecule has 0 unspecified atom stereocenters. The number of nitrogens with one attached hydrogen (secondary N) is 1. The Balaban J connectivity index is 2.23. The molecule has 90 valence electrons. The van der Waals surface area contributed by atoms with Crippen molar-refractivity contribution in [2.24, 2.45) is 0 Å². The van der Waals surface area contributed by atoms with Crippen LogP contribution < -0.4 is 5.32 Å². The third-order valence-electron chi connectivity index (χ3n) is 3.74. The Labute approximate surface area is 102 Å². The van der Waals surface area contributed by atoms with Crippen LogP contribution in [0, 0.1) is 13.8 Å². The maximum atomic E-state index is 6.01. The Bertz CT molecular complexity index is 564. The lowest BCUT2D eigenvalue weighted by atomic mass is 10.0. The molecule has 1 aromatic carbocycles. The second-order valence-electron chi connectivity index (χ2n) is 5.18. The van der Waals surface area contributed by atoms with Crippen LogP contribution in [0.2, 0.25) is 0 Å². The van der Waals surface area contributed by atoms with E-state index in [2.05, 4.69) is 31.3 Å². The zero-order valence-corrected chi connectivity index (χ0v) is 10.8.